The summed E-state index contributed by atoms with van der Waals surface area (Å²) in [7, 11) is -2.25. The predicted octanol–water partition coefficient (Wildman–Crippen LogP) is 3.38. The van der Waals surface area contributed by atoms with Crippen LogP contribution in [0.15, 0.2) is 70.4 Å². The van der Waals surface area contributed by atoms with E-state index in [1.54, 1.807) is 55.1 Å². The number of likely N-dealkylation sites (N-methyl/N-ethyl adjacent to an activating group) is 1. The minimum Gasteiger partial charge on any atom is -0.508 e. The van der Waals surface area contributed by atoms with Crippen molar-refractivity contribution >= 4 is 31.8 Å². The second-order valence-electron chi connectivity index (χ2n) is 9.37. The normalized spacial score (nSPS) is 16.9. The summed E-state index contributed by atoms with van der Waals surface area (Å²) >= 11 is 0. The summed E-state index contributed by atoms with van der Waals surface area (Å²) in [6.07, 6.45) is 6.69. The molecule has 8 nitrogen and oxygen atoms in total. The van der Waals surface area contributed by atoms with Crippen LogP contribution in [0.5, 0.6) is 5.75 Å². The summed E-state index contributed by atoms with van der Waals surface area (Å²) in [5, 5.41) is 23.3. The Hall–Kier alpha value is -2.98. The molecule has 0 atom stereocenters. The van der Waals surface area contributed by atoms with Crippen molar-refractivity contribution in [3.63, 3.8) is 0 Å². The number of likely N-dealkylation sites (tertiary alicyclic amines) is 1. The molecule has 35 heavy (non-hydrogen) atoms. The number of benzene rings is 2. The zero-order chi connectivity index (χ0) is 24.6. The molecule has 4 aromatic rings. The van der Waals surface area contributed by atoms with E-state index >= 15 is 0 Å². The van der Waals surface area contributed by atoms with Crippen LogP contribution < -0.4 is 0 Å². The van der Waals surface area contributed by atoms with Gasteiger partial charge in [0.2, 0.25) is 10.0 Å². The summed E-state index contributed by atoms with van der Waals surface area (Å²) in [4.78, 5) is 6.56. The molecule has 5 rings (SSSR count). The molecule has 0 saturated carbocycles. The Kier molecular flexibility index (Phi) is 6.27. The van der Waals surface area contributed by atoms with Crippen LogP contribution >= 0.6 is 0 Å². The van der Waals surface area contributed by atoms with Gasteiger partial charge in [-0.2, -0.15) is 4.31 Å². The number of phenolic OH excluding ortho intramolecular Hbond substituents is 1. The Bertz CT molecular complexity index is 1450. The van der Waals surface area contributed by atoms with E-state index in [2.05, 4.69) is 9.88 Å². The van der Waals surface area contributed by atoms with Gasteiger partial charge in [0, 0.05) is 61.8 Å². The Morgan fingerprint density at radius 2 is 1.94 bits per heavy atom. The molecular formula is C26H29N3O5S. The van der Waals surface area contributed by atoms with Gasteiger partial charge in [0.1, 0.15) is 11.3 Å². The van der Waals surface area contributed by atoms with Gasteiger partial charge in [-0.1, -0.05) is 12.1 Å². The number of aromatic nitrogens is 1. The predicted molar refractivity (Wildman–Crippen MR) is 134 cm³/mol. The summed E-state index contributed by atoms with van der Waals surface area (Å²) in [5.41, 5.74) is 0.698. The van der Waals surface area contributed by atoms with E-state index in [4.69, 9.17) is 4.42 Å². The van der Waals surface area contributed by atoms with Crippen LogP contribution in [0.25, 0.3) is 21.7 Å². The molecule has 2 aromatic heterocycles. The largest absolute Gasteiger partial charge is 0.508 e. The summed E-state index contributed by atoms with van der Waals surface area (Å²) in [6.45, 7) is 2.17. The highest BCUT2D eigenvalue weighted by molar-refractivity contribution is 7.89. The van der Waals surface area contributed by atoms with Crippen LogP contribution in [0, 0.1) is 0 Å². The standard InChI is InChI=1S/C26H29N3O5S/c1-28(35(32,33)25-4-2-3-19-16-27-11-7-22(19)25)18-26(31)9-13-29(14-10-26)12-8-20-17-34-24-6-5-21(30)15-23(20)24/h2-7,11,15-17,30-31H,8-10,12-14,18H2,1H3. The van der Waals surface area contributed by atoms with E-state index in [0.717, 1.165) is 34.9 Å². The first-order valence-corrected chi connectivity index (χ1v) is 13.1. The number of pyridine rings is 1. The van der Waals surface area contributed by atoms with E-state index in [9.17, 15) is 18.6 Å². The number of rotatable bonds is 7. The number of furan rings is 1. The molecule has 2 N–H and O–H groups in total. The van der Waals surface area contributed by atoms with Gasteiger partial charge in [0.25, 0.3) is 0 Å². The highest BCUT2D eigenvalue weighted by atomic mass is 32.2. The minimum atomic E-state index is -3.78. The first-order chi connectivity index (χ1) is 16.7. The van der Waals surface area contributed by atoms with Gasteiger partial charge in [0.05, 0.1) is 16.8 Å². The van der Waals surface area contributed by atoms with Gasteiger partial charge < -0.3 is 19.5 Å². The number of aliphatic hydroxyl groups is 1. The molecule has 0 radical (unpaired) electrons. The monoisotopic (exact) mass is 495 g/mol. The molecule has 1 aliphatic heterocycles. The van der Waals surface area contributed by atoms with Crippen LogP contribution in [0.2, 0.25) is 0 Å². The van der Waals surface area contributed by atoms with Crippen LogP contribution in [-0.4, -0.2) is 71.6 Å². The first kappa shape index (κ1) is 23.7. The molecule has 9 heteroatoms. The van der Waals surface area contributed by atoms with Crippen molar-refractivity contribution in [3.05, 3.63) is 66.7 Å². The third-order valence-electron chi connectivity index (χ3n) is 6.97. The van der Waals surface area contributed by atoms with E-state index in [1.807, 2.05) is 6.07 Å². The summed E-state index contributed by atoms with van der Waals surface area (Å²) < 4.78 is 33.5. The van der Waals surface area contributed by atoms with E-state index < -0.39 is 15.6 Å². The topological polar surface area (TPSA) is 107 Å². The zero-order valence-electron chi connectivity index (χ0n) is 19.6. The van der Waals surface area contributed by atoms with Gasteiger partial charge in [-0.25, -0.2) is 8.42 Å². The lowest BCUT2D eigenvalue weighted by Crippen LogP contribution is -2.51. The van der Waals surface area contributed by atoms with E-state index in [-0.39, 0.29) is 17.2 Å². The average molecular weight is 496 g/mol. The van der Waals surface area contributed by atoms with Gasteiger partial charge in [-0.15, -0.1) is 0 Å². The third kappa shape index (κ3) is 4.77. The van der Waals surface area contributed by atoms with Gasteiger partial charge in [-0.3, -0.25) is 4.98 Å². The van der Waals surface area contributed by atoms with Gasteiger partial charge in [0.15, 0.2) is 0 Å². The fraction of sp³-hybridized carbons (Fsp3) is 0.346. The molecule has 0 aliphatic carbocycles. The Labute approximate surface area is 204 Å². The van der Waals surface area contributed by atoms with Gasteiger partial charge in [-0.05, 0) is 55.2 Å². The number of nitrogens with zero attached hydrogens (tertiary/aromatic N) is 3. The maximum Gasteiger partial charge on any atom is 0.243 e. The second kappa shape index (κ2) is 9.23. The van der Waals surface area contributed by atoms with E-state index in [1.165, 1.54) is 11.4 Å². The molecule has 1 aliphatic rings. The molecule has 2 aromatic carbocycles. The first-order valence-electron chi connectivity index (χ1n) is 11.7. The molecule has 3 heterocycles. The lowest BCUT2D eigenvalue weighted by molar-refractivity contribution is -0.0296. The van der Waals surface area contributed by atoms with Crippen molar-refractivity contribution in [1.29, 1.82) is 0 Å². The fourth-order valence-corrected chi connectivity index (χ4v) is 6.34. The number of fused-ring (bicyclic) bond motifs is 2. The Balaban J connectivity index is 1.21. The fourth-order valence-electron chi connectivity index (χ4n) is 4.88. The van der Waals surface area contributed by atoms with Crippen molar-refractivity contribution in [2.45, 2.75) is 29.8 Å². The van der Waals surface area contributed by atoms with Crippen molar-refractivity contribution in [2.75, 3.05) is 33.2 Å². The molecule has 1 saturated heterocycles. The van der Waals surface area contributed by atoms with Crippen LogP contribution in [0.1, 0.15) is 18.4 Å². The van der Waals surface area contributed by atoms with Crippen LogP contribution in [-0.2, 0) is 16.4 Å². The molecule has 0 spiro atoms. The molecule has 0 amide bonds. The zero-order valence-corrected chi connectivity index (χ0v) is 20.4. The molecule has 0 bridgehead atoms. The maximum atomic E-state index is 13.3. The number of hydrogen-bond acceptors (Lipinski definition) is 7. The SMILES string of the molecule is CN(CC1(O)CCN(CCc2coc3ccc(O)cc23)CC1)S(=O)(=O)c1cccc2cnccc12. The summed E-state index contributed by atoms with van der Waals surface area (Å²) in [6, 6.07) is 11.9. The number of aromatic hydroxyl groups is 1. The molecule has 1 fully saturated rings. The highest BCUT2D eigenvalue weighted by Crippen LogP contribution is 2.30. The smallest absolute Gasteiger partial charge is 0.243 e. The van der Waals surface area contributed by atoms with Crippen molar-refractivity contribution in [3.8, 4) is 5.75 Å². The number of sulfonamides is 1. The highest BCUT2D eigenvalue weighted by Gasteiger charge is 2.36. The van der Waals surface area contributed by atoms with Gasteiger partial charge >= 0.3 is 0 Å². The molecule has 184 valence electrons. The lowest BCUT2D eigenvalue weighted by Gasteiger charge is -2.40. The molecular weight excluding hydrogens is 466 g/mol. The number of phenols is 1. The Morgan fingerprint density at radius 3 is 2.74 bits per heavy atom. The maximum absolute atomic E-state index is 13.3. The quantitative estimate of drug-likeness (QED) is 0.405. The minimum absolute atomic E-state index is 0.0380. The number of piperidine rings is 1. The van der Waals surface area contributed by atoms with Crippen molar-refractivity contribution in [1.82, 2.24) is 14.2 Å². The summed E-state index contributed by atoms with van der Waals surface area (Å²) in [5.74, 6) is 0.211. The average Bonchev–Trinajstić information content (AvgIpc) is 3.25. The lowest BCUT2D eigenvalue weighted by atomic mass is 9.91. The van der Waals surface area contributed by atoms with Crippen molar-refractivity contribution < 1.29 is 23.0 Å². The second-order valence-corrected chi connectivity index (χ2v) is 11.4. The number of hydrogen-bond donors (Lipinski definition) is 2. The van der Waals surface area contributed by atoms with Crippen LogP contribution in [0.3, 0.4) is 0 Å². The van der Waals surface area contributed by atoms with Crippen LogP contribution in [0.4, 0.5) is 0 Å². The van der Waals surface area contributed by atoms with Crippen molar-refractivity contribution in [2.24, 2.45) is 0 Å². The molecule has 0 unspecified atom stereocenters. The Morgan fingerprint density at radius 1 is 1.14 bits per heavy atom. The third-order valence-corrected chi connectivity index (χ3v) is 8.83. The van der Waals surface area contributed by atoms with E-state index in [0.29, 0.717) is 31.3 Å².